The standard InChI is InChI=1S/C27H34F4N8O4/c1-15-21(37-43-36-15)23(40)35-22(16-5-8-26(28,29)9-6-16)18-13-39-25(34-18)33-17(12-32-39)19-4-2-3-11-38(19)24(41)20-7-10-27(30,31)14-42-20/h12-13,15-16,19-20,22,36H,2-11,14H2,1H3,(H,35,40). The van der Waals surface area contributed by atoms with Crippen LogP contribution in [0.3, 0.4) is 0 Å². The van der Waals surface area contributed by atoms with Crippen LogP contribution in [0, 0.1) is 5.92 Å². The lowest BCUT2D eigenvalue weighted by Gasteiger charge is -2.38. The Hall–Kier alpha value is -3.40. The van der Waals surface area contributed by atoms with Crippen LogP contribution < -0.4 is 10.8 Å². The lowest BCUT2D eigenvalue weighted by molar-refractivity contribution is -0.172. The van der Waals surface area contributed by atoms with E-state index in [1.807, 2.05) is 0 Å². The van der Waals surface area contributed by atoms with Gasteiger partial charge in [0.2, 0.25) is 5.92 Å². The Bertz CT molecular complexity index is 1380. The minimum Gasteiger partial charge on any atom is -0.362 e. The van der Waals surface area contributed by atoms with Gasteiger partial charge < -0.3 is 15.0 Å². The van der Waals surface area contributed by atoms with E-state index >= 15 is 0 Å². The summed E-state index contributed by atoms with van der Waals surface area (Å²) in [6, 6.07) is -1.60. The molecule has 2 N–H and O–H groups in total. The number of hydroxylamine groups is 1. The van der Waals surface area contributed by atoms with Crippen LogP contribution in [0.2, 0.25) is 0 Å². The zero-order valence-electron chi connectivity index (χ0n) is 23.6. The average Bonchev–Trinajstić information content (AvgIpc) is 3.61. The van der Waals surface area contributed by atoms with Gasteiger partial charge in [-0.15, -0.1) is 5.48 Å². The topological polar surface area (TPSA) is 135 Å². The first-order chi connectivity index (χ1) is 20.5. The number of aromatic nitrogens is 4. The maximum atomic E-state index is 14.0. The number of fused-ring (bicyclic) bond motifs is 1. The molecule has 0 radical (unpaired) electrons. The number of halogens is 4. The monoisotopic (exact) mass is 610 g/mol. The average molecular weight is 611 g/mol. The number of hydrogen-bond donors (Lipinski definition) is 2. The zero-order valence-corrected chi connectivity index (χ0v) is 23.6. The van der Waals surface area contributed by atoms with Gasteiger partial charge in [0, 0.05) is 25.8 Å². The molecule has 2 aromatic heterocycles. The molecular weight excluding hydrogens is 576 g/mol. The predicted molar refractivity (Wildman–Crippen MR) is 142 cm³/mol. The zero-order chi connectivity index (χ0) is 30.4. The van der Waals surface area contributed by atoms with Crippen molar-refractivity contribution in [2.24, 2.45) is 11.1 Å². The van der Waals surface area contributed by atoms with Crippen molar-refractivity contribution in [1.29, 1.82) is 0 Å². The van der Waals surface area contributed by atoms with E-state index in [1.165, 1.54) is 10.7 Å². The number of carbonyl (C=O) groups excluding carboxylic acids is 2. The van der Waals surface area contributed by atoms with Crippen molar-refractivity contribution < 1.29 is 36.8 Å². The van der Waals surface area contributed by atoms with Gasteiger partial charge in [-0.3, -0.25) is 14.5 Å². The third-order valence-corrected chi connectivity index (χ3v) is 8.76. The highest BCUT2D eigenvalue weighted by Gasteiger charge is 2.43. The number of alkyl halides is 4. The van der Waals surface area contributed by atoms with Gasteiger partial charge in [-0.1, -0.05) is 5.16 Å². The van der Waals surface area contributed by atoms with E-state index in [0.717, 1.165) is 12.8 Å². The summed E-state index contributed by atoms with van der Waals surface area (Å²) in [5.41, 5.74) is 3.61. The smallest absolute Gasteiger partial charge is 0.271 e. The van der Waals surface area contributed by atoms with Crippen LogP contribution >= 0.6 is 0 Å². The van der Waals surface area contributed by atoms with E-state index in [1.54, 1.807) is 18.0 Å². The Morgan fingerprint density at radius 3 is 2.53 bits per heavy atom. The van der Waals surface area contributed by atoms with E-state index in [9.17, 15) is 27.2 Å². The minimum absolute atomic E-state index is 0.0586. The molecule has 4 atom stereocenters. The van der Waals surface area contributed by atoms with Crippen LogP contribution in [0.15, 0.2) is 17.5 Å². The molecule has 1 aliphatic carbocycles. The molecule has 234 valence electrons. The Balaban J connectivity index is 1.25. The molecule has 4 aliphatic rings. The number of nitrogens with zero attached hydrogens (tertiary/aromatic N) is 6. The summed E-state index contributed by atoms with van der Waals surface area (Å²) in [4.78, 5) is 42.2. The molecule has 3 fully saturated rings. The van der Waals surface area contributed by atoms with Crippen molar-refractivity contribution in [3.63, 3.8) is 0 Å². The van der Waals surface area contributed by atoms with Gasteiger partial charge >= 0.3 is 0 Å². The molecule has 0 bridgehead atoms. The highest BCUT2D eigenvalue weighted by Crippen LogP contribution is 2.41. The summed E-state index contributed by atoms with van der Waals surface area (Å²) >= 11 is 0. The van der Waals surface area contributed by atoms with Gasteiger partial charge in [0.15, 0.2) is 5.71 Å². The summed E-state index contributed by atoms with van der Waals surface area (Å²) < 4.78 is 61.9. The summed E-state index contributed by atoms with van der Waals surface area (Å²) in [6.07, 6.45) is 3.73. The van der Waals surface area contributed by atoms with Gasteiger partial charge in [0.05, 0.1) is 41.9 Å². The quantitative estimate of drug-likeness (QED) is 0.476. The van der Waals surface area contributed by atoms with Crippen LogP contribution in [0.5, 0.6) is 0 Å². The summed E-state index contributed by atoms with van der Waals surface area (Å²) in [7, 11) is 0. The highest BCUT2D eigenvalue weighted by atomic mass is 19.3. The maximum absolute atomic E-state index is 14.0. The Kier molecular flexibility index (Phi) is 8.00. The van der Waals surface area contributed by atoms with Crippen molar-refractivity contribution in [2.45, 2.75) is 101 Å². The first-order valence-corrected chi connectivity index (χ1v) is 14.7. The fourth-order valence-corrected chi connectivity index (χ4v) is 6.29. The third kappa shape index (κ3) is 6.30. The molecule has 4 unspecified atom stereocenters. The van der Waals surface area contributed by atoms with E-state index in [2.05, 4.69) is 31.0 Å². The number of amides is 2. The van der Waals surface area contributed by atoms with E-state index in [4.69, 9.17) is 9.68 Å². The molecule has 2 aromatic rings. The first-order valence-electron chi connectivity index (χ1n) is 14.7. The number of imidazole rings is 1. The number of rotatable bonds is 6. The largest absolute Gasteiger partial charge is 0.362 e. The second kappa shape index (κ2) is 11.6. The molecule has 16 heteroatoms. The molecule has 1 saturated carbocycles. The van der Waals surface area contributed by atoms with Gasteiger partial charge in [-0.05, 0) is 51.4 Å². The number of nitrogens with one attached hydrogen (secondary N) is 2. The fourth-order valence-electron chi connectivity index (χ4n) is 6.29. The normalized spacial score (nSPS) is 28.3. The van der Waals surface area contributed by atoms with E-state index in [0.29, 0.717) is 24.4 Å². The number of likely N-dealkylation sites (tertiary alicyclic amines) is 1. The lowest BCUT2D eigenvalue weighted by atomic mass is 9.81. The maximum Gasteiger partial charge on any atom is 0.271 e. The Labute approximate surface area is 244 Å². The SMILES string of the molecule is CC1NON=C1C(=O)NC(c1cn2ncc(C3CCCCN3C(=O)C3CCC(F)(F)CO3)nc2n1)C1CCC(F)(F)CC1. The van der Waals surface area contributed by atoms with Crippen molar-refractivity contribution in [1.82, 2.24) is 35.3 Å². The van der Waals surface area contributed by atoms with Crippen LogP contribution in [0.4, 0.5) is 17.6 Å². The lowest BCUT2D eigenvalue weighted by Crippen LogP contribution is -2.48. The van der Waals surface area contributed by atoms with Crippen molar-refractivity contribution in [2.75, 3.05) is 13.2 Å². The van der Waals surface area contributed by atoms with Gasteiger partial charge in [-0.25, -0.2) is 32.0 Å². The molecule has 0 aromatic carbocycles. The molecular formula is C27H34F4N8O4. The summed E-state index contributed by atoms with van der Waals surface area (Å²) in [5.74, 6) is -6.63. The Morgan fingerprint density at radius 1 is 1.07 bits per heavy atom. The summed E-state index contributed by atoms with van der Waals surface area (Å²) in [5, 5.41) is 11.1. The van der Waals surface area contributed by atoms with Crippen LogP contribution in [-0.2, 0) is 19.3 Å². The summed E-state index contributed by atoms with van der Waals surface area (Å²) in [6.45, 7) is 1.36. The number of oxime groups is 1. The molecule has 12 nitrogen and oxygen atoms in total. The number of ether oxygens (including phenoxy) is 1. The van der Waals surface area contributed by atoms with Gasteiger partial charge in [0.25, 0.3) is 23.5 Å². The molecule has 0 spiro atoms. The Morgan fingerprint density at radius 2 is 1.84 bits per heavy atom. The van der Waals surface area contributed by atoms with E-state index in [-0.39, 0.29) is 55.4 Å². The van der Waals surface area contributed by atoms with Crippen molar-refractivity contribution >= 4 is 23.3 Å². The molecule has 6 rings (SSSR count). The molecule has 43 heavy (non-hydrogen) atoms. The van der Waals surface area contributed by atoms with Crippen LogP contribution in [0.1, 0.15) is 88.2 Å². The second-order valence-corrected chi connectivity index (χ2v) is 11.9. The molecule has 2 saturated heterocycles. The van der Waals surface area contributed by atoms with Crippen molar-refractivity contribution in [3.8, 4) is 0 Å². The molecule has 5 heterocycles. The van der Waals surface area contributed by atoms with Gasteiger partial charge in [-0.2, -0.15) is 5.10 Å². The second-order valence-electron chi connectivity index (χ2n) is 11.9. The van der Waals surface area contributed by atoms with Crippen LogP contribution in [0.25, 0.3) is 5.78 Å². The number of hydrogen-bond acceptors (Lipinski definition) is 9. The van der Waals surface area contributed by atoms with Gasteiger partial charge in [0.1, 0.15) is 12.7 Å². The molecule has 2 amide bonds. The van der Waals surface area contributed by atoms with Crippen LogP contribution in [-0.4, -0.2) is 79.2 Å². The highest BCUT2D eigenvalue weighted by molar-refractivity contribution is 6.40. The predicted octanol–water partition coefficient (Wildman–Crippen LogP) is 3.25. The fraction of sp³-hybridized carbons (Fsp3) is 0.704. The minimum atomic E-state index is -2.93. The molecule has 3 aliphatic heterocycles. The third-order valence-electron chi connectivity index (χ3n) is 8.76. The number of carbonyl (C=O) groups is 2. The first kappa shape index (κ1) is 29.7. The number of piperidine rings is 1. The van der Waals surface area contributed by atoms with E-state index < -0.39 is 55.0 Å². The van der Waals surface area contributed by atoms with Crippen molar-refractivity contribution in [3.05, 3.63) is 23.8 Å².